The van der Waals surface area contributed by atoms with Crippen molar-refractivity contribution in [3.8, 4) is 11.5 Å². The molecule has 1 aliphatic carbocycles. The van der Waals surface area contributed by atoms with Crippen LogP contribution >= 0.6 is 11.6 Å². The number of hydrogen-bond donors (Lipinski definition) is 1. The fraction of sp³-hybridized carbons (Fsp3) is 0.647. The molecule has 21 heavy (non-hydrogen) atoms. The Labute approximate surface area is 132 Å². The Kier molecular flexibility index (Phi) is 4.91. The highest BCUT2D eigenvalue weighted by Gasteiger charge is 2.27. The molecule has 1 aliphatic heterocycles. The molecule has 1 aromatic carbocycles. The minimum Gasteiger partial charge on any atom is -0.493 e. The predicted molar refractivity (Wildman–Crippen MR) is 85.7 cm³/mol. The molecule has 3 nitrogen and oxygen atoms in total. The van der Waals surface area contributed by atoms with E-state index in [0.29, 0.717) is 12.0 Å². The molecule has 1 saturated carbocycles. The molecule has 0 amide bonds. The van der Waals surface area contributed by atoms with E-state index in [2.05, 4.69) is 5.32 Å². The lowest BCUT2D eigenvalue weighted by molar-refractivity contribution is 0.196. The third-order valence-electron chi connectivity index (χ3n) is 4.66. The van der Waals surface area contributed by atoms with Crippen molar-refractivity contribution >= 4 is 11.6 Å². The van der Waals surface area contributed by atoms with Gasteiger partial charge in [0, 0.05) is 10.6 Å². The van der Waals surface area contributed by atoms with Crippen molar-refractivity contribution in [3.05, 3.63) is 22.7 Å². The Morgan fingerprint density at radius 3 is 2.48 bits per heavy atom. The molecule has 1 saturated heterocycles. The number of nitrogens with one attached hydrogen (secondary N) is 1. The highest BCUT2D eigenvalue weighted by molar-refractivity contribution is 6.31. The third kappa shape index (κ3) is 3.29. The Bertz CT molecular complexity index is 480. The van der Waals surface area contributed by atoms with Crippen LogP contribution in [0.25, 0.3) is 0 Å². The van der Waals surface area contributed by atoms with Crippen molar-refractivity contribution < 1.29 is 9.47 Å². The number of rotatable bonds is 4. The summed E-state index contributed by atoms with van der Waals surface area (Å²) in [7, 11) is 1.71. The molecule has 0 aromatic heterocycles. The Hall–Kier alpha value is -0.930. The quantitative estimate of drug-likeness (QED) is 0.907. The fourth-order valence-electron chi connectivity index (χ4n) is 3.50. The van der Waals surface area contributed by atoms with Crippen LogP contribution in [0, 0.1) is 0 Å². The number of ether oxygens (including phenoxy) is 2. The van der Waals surface area contributed by atoms with E-state index in [0.717, 1.165) is 60.9 Å². The van der Waals surface area contributed by atoms with Gasteiger partial charge in [-0.1, -0.05) is 11.6 Å². The minimum atomic E-state index is 0.317. The lowest BCUT2D eigenvalue weighted by Crippen LogP contribution is -2.27. The highest BCUT2D eigenvalue weighted by Crippen LogP contribution is 2.44. The van der Waals surface area contributed by atoms with E-state index in [4.69, 9.17) is 21.1 Å². The fourth-order valence-corrected chi connectivity index (χ4v) is 3.80. The summed E-state index contributed by atoms with van der Waals surface area (Å²) in [6, 6.07) is 3.87. The SMILES string of the molecule is COc1ccc(Cl)c(C2CCNCC2)c1OC1CCCC1. The van der Waals surface area contributed by atoms with Crippen LogP contribution in [-0.2, 0) is 0 Å². The van der Waals surface area contributed by atoms with Gasteiger partial charge in [0.1, 0.15) is 0 Å². The number of hydrogen-bond acceptors (Lipinski definition) is 3. The molecule has 4 heteroatoms. The molecular weight excluding hydrogens is 286 g/mol. The van der Waals surface area contributed by atoms with Gasteiger partial charge >= 0.3 is 0 Å². The lowest BCUT2D eigenvalue weighted by Gasteiger charge is -2.28. The Balaban J connectivity index is 1.94. The van der Waals surface area contributed by atoms with Crippen molar-refractivity contribution in [1.82, 2.24) is 5.32 Å². The molecule has 1 N–H and O–H groups in total. The van der Waals surface area contributed by atoms with Gasteiger partial charge in [-0.05, 0) is 69.7 Å². The van der Waals surface area contributed by atoms with Crippen LogP contribution in [0.15, 0.2) is 12.1 Å². The molecule has 0 spiro atoms. The average Bonchev–Trinajstić information content (AvgIpc) is 3.02. The van der Waals surface area contributed by atoms with Crippen molar-refractivity contribution in [2.75, 3.05) is 20.2 Å². The van der Waals surface area contributed by atoms with E-state index in [1.54, 1.807) is 7.11 Å². The maximum absolute atomic E-state index is 6.52. The van der Waals surface area contributed by atoms with Crippen molar-refractivity contribution in [3.63, 3.8) is 0 Å². The lowest BCUT2D eigenvalue weighted by atomic mass is 9.89. The van der Waals surface area contributed by atoms with Crippen molar-refractivity contribution in [2.45, 2.75) is 50.5 Å². The van der Waals surface area contributed by atoms with Crippen LogP contribution in [0.2, 0.25) is 5.02 Å². The third-order valence-corrected chi connectivity index (χ3v) is 4.99. The van der Waals surface area contributed by atoms with Crippen LogP contribution in [-0.4, -0.2) is 26.3 Å². The summed E-state index contributed by atoms with van der Waals surface area (Å²) in [5, 5.41) is 4.23. The first kappa shape index (κ1) is 15.0. The topological polar surface area (TPSA) is 30.5 Å². The molecule has 0 atom stereocenters. The molecule has 1 aromatic rings. The van der Waals surface area contributed by atoms with Gasteiger partial charge in [-0.25, -0.2) is 0 Å². The van der Waals surface area contributed by atoms with E-state index in [-0.39, 0.29) is 0 Å². The smallest absolute Gasteiger partial charge is 0.166 e. The first-order chi connectivity index (χ1) is 10.3. The summed E-state index contributed by atoms with van der Waals surface area (Å²) in [5.41, 5.74) is 1.16. The van der Waals surface area contributed by atoms with E-state index in [1.165, 1.54) is 12.8 Å². The summed E-state index contributed by atoms with van der Waals surface area (Å²) >= 11 is 6.52. The molecule has 0 radical (unpaired) electrons. The number of benzene rings is 1. The van der Waals surface area contributed by atoms with E-state index in [1.807, 2.05) is 12.1 Å². The highest BCUT2D eigenvalue weighted by atomic mass is 35.5. The molecular formula is C17H24ClNO2. The maximum atomic E-state index is 6.52. The van der Waals surface area contributed by atoms with Crippen LogP contribution < -0.4 is 14.8 Å². The van der Waals surface area contributed by atoms with Gasteiger partial charge in [0.15, 0.2) is 11.5 Å². The molecule has 0 bridgehead atoms. The first-order valence-electron chi connectivity index (χ1n) is 8.03. The first-order valence-corrected chi connectivity index (χ1v) is 8.41. The molecule has 3 rings (SSSR count). The summed E-state index contributed by atoms with van der Waals surface area (Å²) in [4.78, 5) is 0. The second-order valence-electron chi connectivity index (χ2n) is 6.04. The van der Waals surface area contributed by atoms with Crippen molar-refractivity contribution in [2.24, 2.45) is 0 Å². The second kappa shape index (κ2) is 6.89. The number of methoxy groups -OCH3 is 1. The summed E-state index contributed by atoms with van der Waals surface area (Å²) in [6.07, 6.45) is 7.33. The summed E-state index contributed by atoms with van der Waals surface area (Å²) in [5.74, 6) is 2.17. The average molecular weight is 310 g/mol. The van der Waals surface area contributed by atoms with Gasteiger partial charge < -0.3 is 14.8 Å². The van der Waals surface area contributed by atoms with E-state index < -0.39 is 0 Å². The molecule has 2 fully saturated rings. The van der Waals surface area contributed by atoms with Gasteiger partial charge in [-0.2, -0.15) is 0 Å². The normalized spacial score (nSPS) is 20.7. The van der Waals surface area contributed by atoms with Crippen LogP contribution in [0.4, 0.5) is 0 Å². The van der Waals surface area contributed by atoms with Gasteiger partial charge in [-0.3, -0.25) is 0 Å². The zero-order chi connectivity index (χ0) is 14.7. The predicted octanol–water partition coefficient (Wildman–Crippen LogP) is 4.14. The molecule has 0 unspecified atom stereocenters. The van der Waals surface area contributed by atoms with Gasteiger partial charge in [-0.15, -0.1) is 0 Å². The van der Waals surface area contributed by atoms with Gasteiger partial charge in [0.25, 0.3) is 0 Å². The monoisotopic (exact) mass is 309 g/mol. The van der Waals surface area contributed by atoms with Crippen molar-refractivity contribution in [1.29, 1.82) is 0 Å². The zero-order valence-corrected chi connectivity index (χ0v) is 13.4. The zero-order valence-electron chi connectivity index (χ0n) is 12.7. The van der Waals surface area contributed by atoms with Gasteiger partial charge in [0.05, 0.1) is 13.2 Å². The number of piperidine rings is 1. The molecule has 116 valence electrons. The van der Waals surface area contributed by atoms with E-state index in [9.17, 15) is 0 Å². The Morgan fingerprint density at radius 2 is 1.81 bits per heavy atom. The van der Waals surface area contributed by atoms with E-state index >= 15 is 0 Å². The summed E-state index contributed by atoms with van der Waals surface area (Å²) in [6.45, 7) is 2.09. The van der Waals surface area contributed by atoms with Gasteiger partial charge in [0.2, 0.25) is 0 Å². The molecule has 1 heterocycles. The maximum Gasteiger partial charge on any atom is 0.166 e. The minimum absolute atomic E-state index is 0.317. The van der Waals surface area contributed by atoms with Crippen LogP contribution in [0.3, 0.4) is 0 Å². The Morgan fingerprint density at radius 1 is 1.10 bits per heavy atom. The second-order valence-corrected chi connectivity index (χ2v) is 6.45. The summed E-state index contributed by atoms with van der Waals surface area (Å²) < 4.78 is 11.9. The van der Waals surface area contributed by atoms with Crippen LogP contribution in [0.1, 0.15) is 50.0 Å². The number of halogens is 1. The van der Waals surface area contributed by atoms with Crippen LogP contribution in [0.5, 0.6) is 11.5 Å². The molecule has 2 aliphatic rings. The largest absolute Gasteiger partial charge is 0.493 e. The standard InChI is InChI=1S/C17H24ClNO2/c1-20-15-7-6-14(18)16(12-8-10-19-11-9-12)17(15)21-13-4-2-3-5-13/h6-7,12-13,19H,2-5,8-11H2,1H3.